The van der Waals surface area contributed by atoms with E-state index in [1.54, 1.807) is 0 Å². The van der Waals surface area contributed by atoms with Gasteiger partial charge in [0.15, 0.2) is 9.98 Å². The van der Waals surface area contributed by atoms with Crippen molar-refractivity contribution < 1.29 is 5.03 Å². The number of nitro groups is 1. The second kappa shape index (κ2) is 1.33. The van der Waals surface area contributed by atoms with Gasteiger partial charge in [0.25, 0.3) is 0 Å². The molecule has 1 atom stereocenters. The molecule has 1 rings (SSSR count). The zero-order chi connectivity index (χ0) is 5.44. The van der Waals surface area contributed by atoms with Crippen molar-refractivity contribution in [2.24, 2.45) is 0 Å². The Morgan fingerprint density at radius 2 is 2.43 bits per heavy atom. The van der Waals surface area contributed by atoms with Gasteiger partial charge < -0.3 is 0 Å². The first kappa shape index (κ1) is 4.83. The molecule has 0 amide bonds. The van der Waals surface area contributed by atoms with Crippen LogP contribution in [0.3, 0.4) is 0 Å². The normalized spacial score (nSPS) is 27.6. The van der Waals surface area contributed by atoms with E-state index in [1.165, 1.54) is 0 Å². The zero-order valence-electron chi connectivity index (χ0n) is 3.37. The molecule has 0 spiro atoms. The lowest BCUT2D eigenvalue weighted by atomic mass is 11.0. The summed E-state index contributed by atoms with van der Waals surface area (Å²) in [4.78, 5) is 9.66. The molecule has 40 valence electrons. The largest absolute Gasteiger partial charge is 0.235 e. The Bertz CT molecular complexity index is 106. The minimum Gasteiger partial charge on any atom is -0.235 e. The van der Waals surface area contributed by atoms with Crippen molar-refractivity contribution in [2.75, 3.05) is 6.54 Å². The molecule has 0 saturated carbocycles. The molecule has 0 aromatic heterocycles. The van der Waals surface area contributed by atoms with Gasteiger partial charge in [0.2, 0.25) is 0 Å². The van der Waals surface area contributed by atoms with Crippen molar-refractivity contribution in [2.45, 2.75) is 4.95 Å². The fourth-order valence-electron chi connectivity index (χ4n) is 0.276. The Morgan fingerprint density at radius 1 is 2.00 bits per heavy atom. The predicted octanol–water partition coefficient (Wildman–Crippen LogP) is 0.215. The standard InChI is InChI=1S/C2H3BrN2O2/c3-2-1-4(2)5(6)7/h2H,1H2. The SMILES string of the molecule is O=[N+]([O-])N1CC1Br. The van der Waals surface area contributed by atoms with Gasteiger partial charge >= 0.3 is 0 Å². The van der Waals surface area contributed by atoms with Crippen molar-refractivity contribution in [3.05, 3.63) is 10.1 Å². The Morgan fingerprint density at radius 3 is 2.43 bits per heavy atom. The van der Waals surface area contributed by atoms with E-state index >= 15 is 0 Å². The maximum Gasteiger partial charge on any atom is 0.167 e. The number of rotatable bonds is 1. The van der Waals surface area contributed by atoms with Gasteiger partial charge in [-0.2, -0.15) is 0 Å². The third kappa shape index (κ3) is 0.821. The molecule has 5 heteroatoms. The number of halogens is 1. The summed E-state index contributed by atoms with van der Waals surface area (Å²) in [5.74, 6) is 0. The molecular weight excluding hydrogens is 164 g/mol. The van der Waals surface area contributed by atoms with Gasteiger partial charge in [-0.3, -0.25) is 0 Å². The maximum absolute atomic E-state index is 9.67. The summed E-state index contributed by atoms with van der Waals surface area (Å²) < 4.78 is 0. The Hall–Kier alpha value is -0.320. The lowest BCUT2D eigenvalue weighted by Gasteiger charge is -1.83. The smallest absolute Gasteiger partial charge is 0.167 e. The lowest BCUT2D eigenvalue weighted by molar-refractivity contribution is -0.617. The lowest BCUT2D eigenvalue weighted by Crippen LogP contribution is -2.06. The van der Waals surface area contributed by atoms with Crippen LogP contribution in [0.15, 0.2) is 0 Å². The number of nitrogens with zero attached hydrogens (tertiary/aromatic N) is 2. The molecular formula is C2H3BrN2O2. The van der Waals surface area contributed by atoms with Gasteiger partial charge in [-0.05, 0) is 0 Å². The highest BCUT2D eigenvalue weighted by Gasteiger charge is 2.41. The summed E-state index contributed by atoms with van der Waals surface area (Å²) in [7, 11) is 0. The quantitative estimate of drug-likeness (QED) is 0.184. The average molecular weight is 167 g/mol. The monoisotopic (exact) mass is 166 g/mol. The van der Waals surface area contributed by atoms with Crippen molar-refractivity contribution in [1.29, 1.82) is 0 Å². The van der Waals surface area contributed by atoms with Gasteiger partial charge in [0.1, 0.15) is 6.54 Å². The number of alkyl halides is 1. The molecule has 0 aliphatic carbocycles. The van der Waals surface area contributed by atoms with E-state index < -0.39 is 5.03 Å². The van der Waals surface area contributed by atoms with E-state index in [0.717, 1.165) is 5.01 Å². The van der Waals surface area contributed by atoms with Crippen LogP contribution in [0, 0.1) is 10.1 Å². The van der Waals surface area contributed by atoms with Crippen molar-refractivity contribution in [3.63, 3.8) is 0 Å². The van der Waals surface area contributed by atoms with E-state index in [2.05, 4.69) is 15.9 Å². The molecule has 1 fully saturated rings. The molecule has 0 N–H and O–H groups in total. The van der Waals surface area contributed by atoms with E-state index in [-0.39, 0.29) is 4.95 Å². The third-order valence-electron chi connectivity index (χ3n) is 0.737. The van der Waals surface area contributed by atoms with Crippen molar-refractivity contribution in [3.8, 4) is 0 Å². The van der Waals surface area contributed by atoms with Crippen LogP contribution in [-0.4, -0.2) is 21.5 Å². The van der Waals surface area contributed by atoms with Crippen molar-refractivity contribution in [1.82, 2.24) is 5.01 Å². The van der Waals surface area contributed by atoms with Gasteiger partial charge in [-0.25, -0.2) is 10.1 Å². The minimum absolute atomic E-state index is 0.0116. The van der Waals surface area contributed by atoms with Gasteiger partial charge in [0, 0.05) is 0 Å². The summed E-state index contributed by atoms with van der Waals surface area (Å²) in [6.45, 7) is 0.535. The average Bonchev–Trinajstić information content (AvgIpc) is 2.17. The first-order valence-corrected chi connectivity index (χ1v) is 2.68. The molecule has 0 aromatic rings. The molecule has 0 radical (unpaired) electrons. The Balaban J connectivity index is 2.33. The molecule has 1 aliphatic heterocycles. The zero-order valence-corrected chi connectivity index (χ0v) is 4.96. The predicted molar refractivity (Wildman–Crippen MR) is 26.4 cm³/mol. The van der Waals surface area contributed by atoms with Crippen LogP contribution in [0.5, 0.6) is 0 Å². The van der Waals surface area contributed by atoms with Gasteiger partial charge in [-0.15, -0.1) is 5.01 Å². The maximum atomic E-state index is 9.67. The highest BCUT2D eigenvalue weighted by molar-refractivity contribution is 9.09. The molecule has 7 heavy (non-hydrogen) atoms. The minimum atomic E-state index is -0.417. The van der Waals surface area contributed by atoms with Crippen molar-refractivity contribution >= 4 is 15.9 Å². The fourth-order valence-corrected chi connectivity index (χ4v) is 0.722. The van der Waals surface area contributed by atoms with Crippen LogP contribution in [0.1, 0.15) is 0 Å². The molecule has 0 aromatic carbocycles. The van der Waals surface area contributed by atoms with Crippen LogP contribution >= 0.6 is 15.9 Å². The fraction of sp³-hybridized carbons (Fsp3) is 1.00. The number of hydrazine groups is 1. The topological polar surface area (TPSA) is 46.1 Å². The highest BCUT2D eigenvalue weighted by Crippen LogP contribution is 2.21. The molecule has 1 aliphatic rings. The van der Waals surface area contributed by atoms with Crippen LogP contribution in [0.25, 0.3) is 0 Å². The third-order valence-corrected chi connectivity index (χ3v) is 1.50. The second-order valence-electron chi connectivity index (χ2n) is 1.29. The second-order valence-corrected chi connectivity index (χ2v) is 2.35. The van der Waals surface area contributed by atoms with Crippen LogP contribution in [0.2, 0.25) is 0 Å². The molecule has 1 heterocycles. The summed E-state index contributed by atoms with van der Waals surface area (Å²) in [6.07, 6.45) is 0. The Kier molecular flexibility index (Phi) is 0.916. The van der Waals surface area contributed by atoms with Crippen LogP contribution in [0.4, 0.5) is 0 Å². The van der Waals surface area contributed by atoms with Gasteiger partial charge in [-0.1, -0.05) is 15.9 Å². The summed E-state index contributed by atoms with van der Waals surface area (Å²) >= 11 is 3.03. The molecule has 1 saturated heterocycles. The number of hydrogen-bond donors (Lipinski definition) is 0. The molecule has 1 unspecified atom stereocenters. The Labute approximate surface area is 48.3 Å². The van der Waals surface area contributed by atoms with E-state index in [0.29, 0.717) is 6.54 Å². The van der Waals surface area contributed by atoms with Gasteiger partial charge in [0.05, 0.1) is 0 Å². The van der Waals surface area contributed by atoms with Crippen LogP contribution in [-0.2, 0) is 0 Å². The molecule has 4 nitrogen and oxygen atoms in total. The summed E-state index contributed by atoms with van der Waals surface area (Å²) in [5.41, 5.74) is 0. The van der Waals surface area contributed by atoms with E-state index in [4.69, 9.17) is 0 Å². The highest BCUT2D eigenvalue weighted by atomic mass is 79.9. The summed E-state index contributed by atoms with van der Waals surface area (Å²) in [5, 5.41) is 10.4. The number of hydrogen-bond acceptors (Lipinski definition) is 2. The molecule has 0 bridgehead atoms. The van der Waals surface area contributed by atoms with Crippen LogP contribution < -0.4 is 0 Å². The first-order chi connectivity index (χ1) is 3.22. The van der Waals surface area contributed by atoms with E-state index in [9.17, 15) is 10.1 Å². The summed E-state index contributed by atoms with van der Waals surface area (Å²) in [6, 6.07) is 0. The first-order valence-electron chi connectivity index (χ1n) is 1.77. The van der Waals surface area contributed by atoms with E-state index in [1.807, 2.05) is 0 Å².